The standard InChI is InChI=1S/C18H26N2O/c1-2-11-20(15-9-7-14(19)8-10-15)18(21)17-12-13-5-3-4-6-16(13)17/h3-6,14-15,17H,2,7-12,19H2,1H3. The summed E-state index contributed by atoms with van der Waals surface area (Å²) >= 11 is 0. The van der Waals surface area contributed by atoms with Crippen molar-refractivity contribution in [2.24, 2.45) is 5.73 Å². The van der Waals surface area contributed by atoms with E-state index in [1.54, 1.807) is 0 Å². The second-order valence-electron chi connectivity index (χ2n) is 6.56. The van der Waals surface area contributed by atoms with Crippen LogP contribution < -0.4 is 5.73 Å². The number of rotatable bonds is 4. The number of carbonyl (C=O) groups excluding carboxylic acids is 1. The molecule has 0 bridgehead atoms. The second kappa shape index (κ2) is 6.18. The molecule has 21 heavy (non-hydrogen) atoms. The Balaban J connectivity index is 1.71. The van der Waals surface area contributed by atoms with E-state index in [1.165, 1.54) is 11.1 Å². The Morgan fingerprint density at radius 2 is 1.95 bits per heavy atom. The molecule has 1 amide bonds. The molecule has 1 aromatic rings. The molecular formula is C18H26N2O. The third-order valence-electron chi connectivity index (χ3n) is 5.08. The Bertz CT molecular complexity index is 506. The van der Waals surface area contributed by atoms with E-state index < -0.39 is 0 Å². The molecule has 0 heterocycles. The molecular weight excluding hydrogens is 260 g/mol. The lowest BCUT2D eigenvalue weighted by atomic mass is 9.76. The highest BCUT2D eigenvalue weighted by molar-refractivity contribution is 5.87. The van der Waals surface area contributed by atoms with Gasteiger partial charge < -0.3 is 10.6 Å². The van der Waals surface area contributed by atoms with Gasteiger partial charge in [0.2, 0.25) is 5.91 Å². The lowest BCUT2D eigenvalue weighted by molar-refractivity contribution is -0.136. The molecule has 1 aromatic carbocycles. The van der Waals surface area contributed by atoms with Crippen molar-refractivity contribution in [3.8, 4) is 0 Å². The fourth-order valence-electron chi connectivity index (χ4n) is 3.81. The van der Waals surface area contributed by atoms with Crippen molar-refractivity contribution in [1.29, 1.82) is 0 Å². The van der Waals surface area contributed by atoms with Crippen molar-refractivity contribution < 1.29 is 4.79 Å². The highest BCUT2D eigenvalue weighted by Gasteiger charge is 2.37. The maximum absolute atomic E-state index is 13.0. The first-order valence-corrected chi connectivity index (χ1v) is 8.34. The number of nitrogens with zero attached hydrogens (tertiary/aromatic N) is 1. The monoisotopic (exact) mass is 286 g/mol. The van der Waals surface area contributed by atoms with E-state index in [0.29, 0.717) is 18.0 Å². The molecule has 3 rings (SSSR count). The topological polar surface area (TPSA) is 46.3 Å². The quantitative estimate of drug-likeness (QED) is 0.925. The Kier molecular flexibility index (Phi) is 4.29. The van der Waals surface area contributed by atoms with E-state index in [9.17, 15) is 4.79 Å². The molecule has 0 spiro atoms. The van der Waals surface area contributed by atoms with Gasteiger partial charge in [-0.3, -0.25) is 4.79 Å². The predicted octanol–water partition coefficient (Wildman–Crippen LogP) is 2.83. The fraction of sp³-hybridized carbons (Fsp3) is 0.611. The van der Waals surface area contributed by atoms with Gasteiger partial charge in [0.05, 0.1) is 5.92 Å². The molecule has 0 aliphatic heterocycles. The Hall–Kier alpha value is -1.35. The van der Waals surface area contributed by atoms with Crippen molar-refractivity contribution >= 4 is 5.91 Å². The summed E-state index contributed by atoms with van der Waals surface area (Å²) in [5.41, 5.74) is 8.60. The van der Waals surface area contributed by atoms with Crippen molar-refractivity contribution in [2.75, 3.05) is 6.54 Å². The van der Waals surface area contributed by atoms with Crippen LogP contribution in [0.2, 0.25) is 0 Å². The minimum atomic E-state index is 0.100. The zero-order valence-electron chi connectivity index (χ0n) is 12.9. The normalized spacial score (nSPS) is 27.6. The highest BCUT2D eigenvalue weighted by atomic mass is 16.2. The highest BCUT2D eigenvalue weighted by Crippen LogP contribution is 2.37. The number of nitrogens with two attached hydrogens (primary N) is 1. The molecule has 3 heteroatoms. The van der Waals surface area contributed by atoms with Crippen molar-refractivity contribution in [2.45, 2.75) is 63.5 Å². The molecule has 0 saturated heterocycles. The fourth-order valence-corrected chi connectivity index (χ4v) is 3.81. The summed E-state index contributed by atoms with van der Waals surface area (Å²) in [5, 5.41) is 0. The molecule has 2 aliphatic carbocycles. The van der Waals surface area contributed by atoms with Crippen LogP contribution >= 0.6 is 0 Å². The molecule has 1 saturated carbocycles. The number of amides is 1. The Morgan fingerprint density at radius 3 is 2.62 bits per heavy atom. The molecule has 1 atom stereocenters. The SMILES string of the molecule is CCCN(C(=O)C1Cc2ccccc21)C1CCC(N)CC1. The number of benzene rings is 1. The summed E-state index contributed by atoms with van der Waals surface area (Å²) in [4.78, 5) is 15.1. The first-order chi connectivity index (χ1) is 10.2. The number of hydrogen-bond acceptors (Lipinski definition) is 2. The molecule has 2 aliphatic rings. The molecule has 1 unspecified atom stereocenters. The van der Waals surface area contributed by atoms with E-state index in [1.807, 2.05) is 6.07 Å². The van der Waals surface area contributed by atoms with Gasteiger partial charge in [0.25, 0.3) is 0 Å². The van der Waals surface area contributed by atoms with E-state index in [2.05, 4.69) is 30.0 Å². The molecule has 2 N–H and O–H groups in total. The van der Waals surface area contributed by atoms with Crippen LogP contribution in [0.1, 0.15) is 56.1 Å². The van der Waals surface area contributed by atoms with Gasteiger partial charge in [-0.25, -0.2) is 0 Å². The zero-order valence-corrected chi connectivity index (χ0v) is 12.9. The van der Waals surface area contributed by atoms with Crippen LogP contribution in [0.15, 0.2) is 24.3 Å². The summed E-state index contributed by atoms with van der Waals surface area (Å²) in [6, 6.07) is 9.10. The average molecular weight is 286 g/mol. The van der Waals surface area contributed by atoms with Crippen molar-refractivity contribution in [1.82, 2.24) is 4.90 Å². The maximum Gasteiger partial charge on any atom is 0.230 e. The minimum Gasteiger partial charge on any atom is -0.339 e. The van der Waals surface area contributed by atoms with Gasteiger partial charge in [-0.15, -0.1) is 0 Å². The summed E-state index contributed by atoms with van der Waals surface area (Å²) in [7, 11) is 0. The third kappa shape index (κ3) is 2.84. The van der Waals surface area contributed by atoms with Crippen LogP contribution in [0, 0.1) is 0 Å². The maximum atomic E-state index is 13.0. The van der Waals surface area contributed by atoms with Gasteiger partial charge in [-0.05, 0) is 49.7 Å². The lowest BCUT2D eigenvalue weighted by Gasteiger charge is -2.40. The smallest absolute Gasteiger partial charge is 0.230 e. The van der Waals surface area contributed by atoms with Gasteiger partial charge in [0.15, 0.2) is 0 Å². The van der Waals surface area contributed by atoms with Gasteiger partial charge in [0, 0.05) is 18.6 Å². The van der Waals surface area contributed by atoms with E-state index >= 15 is 0 Å². The second-order valence-corrected chi connectivity index (χ2v) is 6.56. The Labute approximate surface area is 127 Å². The van der Waals surface area contributed by atoms with Crippen LogP contribution in [0.25, 0.3) is 0 Å². The van der Waals surface area contributed by atoms with Gasteiger partial charge in [-0.2, -0.15) is 0 Å². The van der Waals surface area contributed by atoms with Gasteiger partial charge in [-0.1, -0.05) is 31.2 Å². The molecule has 3 nitrogen and oxygen atoms in total. The average Bonchev–Trinajstić information content (AvgIpc) is 2.47. The predicted molar refractivity (Wildman–Crippen MR) is 85.1 cm³/mol. The summed E-state index contributed by atoms with van der Waals surface area (Å²) in [6.07, 6.45) is 6.20. The van der Waals surface area contributed by atoms with Crippen LogP contribution in [0.3, 0.4) is 0 Å². The molecule has 1 fully saturated rings. The molecule has 114 valence electrons. The van der Waals surface area contributed by atoms with E-state index in [4.69, 9.17) is 5.73 Å². The van der Waals surface area contributed by atoms with Gasteiger partial charge >= 0.3 is 0 Å². The first kappa shape index (κ1) is 14.6. The summed E-state index contributed by atoms with van der Waals surface area (Å²) in [6.45, 7) is 3.04. The third-order valence-corrected chi connectivity index (χ3v) is 5.08. The van der Waals surface area contributed by atoms with Crippen molar-refractivity contribution in [3.63, 3.8) is 0 Å². The molecule has 0 aromatic heterocycles. The summed E-state index contributed by atoms with van der Waals surface area (Å²) in [5.74, 6) is 0.444. The molecule has 0 radical (unpaired) electrons. The van der Waals surface area contributed by atoms with Crippen LogP contribution in [-0.4, -0.2) is 29.4 Å². The van der Waals surface area contributed by atoms with E-state index in [-0.39, 0.29) is 5.92 Å². The van der Waals surface area contributed by atoms with Crippen LogP contribution in [-0.2, 0) is 11.2 Å². The van der Waals surface area contributed by atoms with E-state index in [0.717, 1.165) is 45.1 Å². The number of carbonyl (C=O) groups is 1. The van der Waals surface area contributed by atoms with Crippen LogP contribution in [0.4, 0.5) is 0 Å². The van der Waals surface area contributed by atoms with Gasteiger partial charge in [0.1, 0.15) is 0 Å². The number of hydrogen-bond donors (Lipinski definition) is 1. The number of fused-ring (bicyclic) bond motifs is 1. The first-order valence-electron chi connectivity index (χ1n) is 8.34. The Morgan fingerprint density at radius 1 is 1.24 bits per heavy atom. The lowest BCUT2D eigenvalue weighted by Crippen LogP contribution is -2.48. The van der Waals surface area contributed by atoms with Crippen LogP contribution in [0.5, 0.6) is 0 Å². The summed E-state index contributed by atoms with van der Waals surface area (Å²) < 4.78 is 0. The zero-order chi connectivity index (χ0) is 14.8. The largest absolute Gasteiger partial charge is 0.339 e. The van der Waals surface area contributed by atoms with Crippen molar-refractivity contribution in [3.05, 3.63) is 35.4 Å². The minimum absolute atomic E-state index is 0.100.